The summed E-state index contributed by atoms with van der Waals surface area (Å²) in [6.45, 7) is 9.50. The lowest BCUT2D eigenvalue weighted by Crippen LogP contribution is -2.57. The average Bonchev–Trinajstić information content (AvgIpc) is 3.67. The first-order chi connectivity index (χ1) is 18.4. The number of nitrogens with zero attached hydrogens (tertiary/aromatic N) is 5. The lowest BCUT2D eigenvalue weighted by molar-refractivity contribution is -0.154. The molecule has 11 heteroatoms. The lowest BCUT2D eigenvalue weighted by atomic mass is 9.71. The topological polar surface area (TPSA) is 118 Å². The number of ether oxygens (including phenoxy) is 1. The highest BCUT2D eigenvalue weighted by Crippen LogP contribution is 2.66. The third kappa shape index (κ3) is 4.12. The van der Waals surface area contributed by atoms with E-state index in [1.807, 2.05) is 24.3 Å². The fourth-order valence-corrected chi connectivity index (χ4v) is 8.46. The van der Waals surface area contributed by atoms with Gasteiger partial charge in [-0.25, -0.2) is 4.68 Å². The molecule has 4 heterocycles. The summed E-state index contributed by atoms with van der Waals surface area (Å²) >= 11 is 1.57. The molecule has 5 rings (SSSR count). The van der Waals surface area contributed by atoms with Gasteiger partial charge >= 0.3 is 5.97 Å². The number of benzene rings is 1. The number of hydrogen-bond donors (Lipinski definition) is 1. The van der Waals surface area contributed by atoms with Crippen molar-refractivity contribution in [3.8, 4) is 0 Å². The van der Waals surface area contributed by atoms with Crippen LogP contribution in [0.1, 0.15) is 26.2 Å². The van der Waals surface area contributed by atoms with Crippen LogP contribution in [0.3, 0.4) is 0 Å². The van der Waals surface area contributed by atoms with E-state index in [1.165, 1.54) is 4.90 Å². The molecule has 2 unspecified atom stereocenters. The van der Waals surface area contributed by atoms with Crippen LogP contribution in [0.5, 0.6) is 0 Å². The Kier molecular flexibility index (Phi) is 7.32. The predicted octanol–water partition coefficient (Wildman–Crippen LogP) is 1.99. The number of hydrogen-bond acceptors (Lipinski definition) is 8. The molecule has 1 spiro atoms. The van der Waals surface area contributed by atoms with Gasteiger partial charge in [0.05, 0.1) is 41.4 Å². The second-order valence-electron chi connectivity index (χ2n) is 10.1. The van der Waals surface area contributed by atoms with Gasteiger partial charge < -0.3 is 19.6 Å². The SMILES string of the molecule is C=CCCOC(=O)[C@@H]1[C@H]2C(=O)N([C@H](C)CO)C(C(=O)N(CC=C)Cn3nnc4ccccc43)C23CC[C@H]1S3. The zero-order chi connectivity index (χ0) is 27.0. The highest BCUT2D eigenvalue weighted by atomic mass is 32.2. The van der Waals surface area contributed by atoms with Crippen LogP contribution in [0.4, 0.5) is 0 Å². The summed E-state index contributed by atoms with van der Waals surface area (Å²) in [7, 11) is 0. The minimum absolute atomic E-state index is 0.0887. The van der Waals surface area contributed by atoms with Crippen molar-refractivity contribution >= 4 is 40.6 Å². The molecule has 3 aliphatic rings. The van der Waals surface area contributed by atoms with E-state index in [4.69, 9.17) is 4.74 Å². The fourth-order valence-electron chi connectivity index (χ4n) is 6.27. The van der Waals surface area contributed by atoms with Gasteiger partial charge in [0.15, 0.2) is 0 Å². The van der Waals surface area contributed by atoms with E-state index < -0.39 is 34.6 Å². The average molecular weight is 540 g/mol. The zero-order valence-electron chi connectivity index (χ0n) is 21.4. The van der Waals surface area contributed by atoms with Gasteiger partial charge in [0.25, 0.3) is 0 Å². The Hall–Kier alpha value is -3.18. The normalized spacial score (nSPS) is 28.4. The molecular formula is C27H33N5O5S. The Morgan fingerprint density at radius 1 is 1.34 bits per heavy atom. The standard InChI is InChI=1S/C27H33N5O5S/c1-4-6-14-37-26(36)21-20-11-12-27(38-20)22(21)24(34)32(17(3)15-33)23(27)25(35)30(13-5-2)16-31-19-10-8-7-9-18(19)28-29-31/h4-5,7-10,17,20-23,33H,1-2,6,11-16H2,3H3/t17-,20-,21+,22+,23?,27?/m1/s1. The van der Waals surface area contributed by atoms with Crippen LogP contribution in [-0.2, 0) is 25.8 Å². The maximum Gasteiger partial charge on any atom is 0.310 e. The molecule has 38 heavy (non-hydrogen) atoms. The first kappa shape index (κ1) is 26.4. The zero-order valence-corrected chi connectivity index (χ0v) is 22.3. The molecule has 0 radical (unpaired) electrons. The summed E-state index contributed by atoms with van der Waals surface area (Å²) in [5.74, 6) is -2.22. The maximum atomic E-state index is 14.4. The molecule has 202 valence electrons. The van der Waals surface area contributed by atoms with E-state index in [9.17, 15) is 19.5 Å². The lowest BCUT2D eigenvalue weighted by Gasteiger charge is -2.38. The molecule has 1 N–H and O–H groups in total. The van der Waals surface area contributed by atoms with Crippen molar-refractivity contribution in [3.05, 3.63) is 49.6 Å². The molecule has 2 amide bonds. The van der Waals surface area contributed by atoms with Gasteiger partial charge in [-0.3, -0.25) is 14.4 Å². The Bertz CT molecular complexity index is 1270. The molecular weight excluding hydrogens is 506 g/mol. The summed E-state index contributed by atoms with van der Waals surface area (Å²) in [5, 5.41) is 18.4. The second kappa shape index (κ2) is 10.5. The number of likely N-dealkylation sites (tertiary alicyclic amines) is 1. The first-order valence-corrected chi connectivity index (χ1v) is 13.8. The second-order valence-corrected chi connectivity index (χ2v) is 11.7. The van der Waals surface area contributed by atoms with Gasteiger partial charge in [0.1, 0.15) is 18.2 Å². The van der Waals surface area contributed by atoms with Crippen molar-refractivity contribution in [2.24, 2.45) is 11.8 Å². The van der Waals surface area contributed by atoms with Crippen LogP contribution >= 0.6 is 11.8 Å². The highest BCUT2D eigenvalue weighted by Gasteiger charge is 2.74. The summed E-state index contributed by atoms with van der Waals surface area (Å²) in [4.78, 5) is 44.7. The van der Waals surface area contributed by atoms with Crippen molar-refractivity contribution in [1.82, 2.24) is 24.8 Å². The van der Waals surface area contributed by atoms with Gasteiger partial charge in [-0.15, -0.1) is 30.0 Å². The number of esters is 1. The third-order valence-electron chi connectivity index (χ3n) is 7.94. The van der Waals surface area contributed by atoms with E-state index in [0.717, 1.165) is 11.9 Å². The van der Waals surface area contributed by atoms with Gasteiger partial charge in [-0.1, -0.05) is 29.5 Å². The number of amides is 2. The molecule has 3 saturated heterocycles. The molecule has 2 aromatic rings. The number of thioether (sulfide) groups is 1. The van der Waals surface area contributed by atoms with Gasteiger partial charge in [0, 0.05) is 11.8 Å². The summed E-state index contributed by atoms with van der Waals surface area (Å²) in [5.41, 5.74) is 1.50. The van der Waals surface area contributed by atoms with E-state index >= 15 is 0 Å². The monoisotopic (exact) mass is 539 g/mol. The third-order valence-corrected chi connectivity index (χ3v) is 9.89. The van der Waals surface area contributed by atoms with E-state index in [0.29, 0.717) is 18.4 Å². The number of aliphatic hydroxyl groups is 1. The van der Waals surface area contributed by atoms with E-state index in [-0.39, 0.29) is 43.5 Å². The van der Waals surface area contributed by atoms with Gasteiger partial charge in [0.2, 0.25) is 11.8 Å². The van der Waals surface area contributed by atoms with Crippen LogP contribution in [0.25, 0.3) is 11.0 Å². The van der Waals surface area contributed by atoms with Crippen LogP contribution in [0.2, 0.25) is 0 Å². The molecule has 3 aliphatic heterocycles. The van der Waals surface area contributed by atoms with Crippen LogP contribution in [0, 0.1) is 11.8 Å². The van der Waals surface area contributed by atoms with Crippen LogP contribution < -0.4 is 0 Å². The number of carbonyl (C=O) groups excluding carboxylic acids is 3. The van der Waals surface area contributed by atoms with Crippen LogP contribution in [-0.4, -0.2) is 89.5 Å². The Morgan fingerprint density at radius 2 is 2.13 bits per heavy atom. The van der Waals surface area contributed by atoms with E-state index in [1.54, 1.807) is 40.4 Å². The molecule has 6 atom stereocenters. The molecule has 1 aromatic carbocycles. The Labute approximate surface area is 225 Å². The van der Waals surface area contributed by atoms with Gasteiger partial charge in [-0.2, -0.15) is 0 Å². The van der Waals surface area contributed by atoms with Crippen molar-refractivity contribution < 1.29 is 24.2 Å². The molecule has 0 saturated carbocycles. The number of carbonyl (C=O) groups is 3. The minimum Gasteiger partial charge on any atom is -0.465 e. The molecule has 1 aromatic heterocycles. The number of aromatic nitrogens is 3. The van der Waals surface area contributed by atoms with E-state index in [2.05, 4.69) is 23.5 Å². The van der Waals surface area contributed by atoms with Crippen LogP contribution in [0.15, 0.2) is 49.6 Å². The first-order valence-electron chi connectivity index (χ1n) is 12.9. The molecule has 2 bridgehead atoms. The number of aliphatic hydroxyl groups excluding tert-OH is 1. The Morgan fingerprint density at radius 3 is 2.87 bits per heavy atom. The maximum absolute atomic E-state index is 14.4. The summed E-state index contributed by atoms with van der Waals surface area (Å²) in [6, 6.07) is 6.07. The number of para-hydroxylation sites is 1. The minimum atomic E-state index is -0.835. The Balaban J connectivity index is 1.50. The largest absolute Gasteiger partial charge is 0.465 e. The van der Waals surface area contributed by atoms with Crippen molar-refractivity contribution in [2.75, 3.05) is 19.8 Å². The highest BCUT2D eigenvalue weighted by molar-refractivity contribution is 8.02. The summed E-state index contributed by atoms with van der Waals surface area (Å²) < 4.78 is 6.40. The molecule has 3 fully saturated rings. The smallest absolute Gasteiger partial charge is 0.310 e. The molecule has 0 aliphatic carbocycles. The quantitative estimate of drug-likeness (QED) is 0.262. The predicted molar refractivity (Wildman–Crippen MR) is 143 cm³/mol. The summed E-state index contributed by atoms with van der Waals surface area (Å²) in [6.07, 6.45) is 5.20. The van der Waals surface area contributed by atoms with Crippen molar-refractivity contribution in [1.29, 1.82) is 0 Å². The van der Waals surface area contributed by atoms with Crippen molar-refractivity contribution in [3.63, 3.8) is 0 Å². The molecule has 10 nitrogen and oxygen atoms in total. The fraction of sp³-hybridized carbons (Fsp3) is 0.519. The number of fused-ring (bicyclic) bond motifs is 2. The number of rotatable bonds is 11. The van der Waals surface area contributed by atoms with Gasteiger partial charge in [-0.05, 0) is 38.3 Å². The van der Waals surface area contributed by atoms with Crippen molar-refractivity contribution in [2.45, 2.75) is 54.9 Å².